The summed E-state index contributed by atoms with van der Waals surface area (Å²) in [6, 6.07) is 6.81. The van der Waals surface area contributed by atoms with Crippen molar-refractivity contribution in [2.45, 2.75) is 13.3 Å². The number of benzene rings is 1. The van der Waals surface area contributed by atoms with E-state index in [1.807, 2.05) is 13.0 Å². The molecule has 0 saturated heterocycles. The molecule has 0 unspecified atom stereocenters. The van der Waals surface area contributed by atoms with Crippen LogP contribution in [-0.2, 0) is 6.42 Å². The lowest BCUT2D eigenvalue weighted by molar-refractivity contribution is 0.613. The molecule has 1 heterocycles. The fraction of sp³-hybridized carbons (Fsp3) is 0.154. The van der Waals surface area contributed by atoms with Gasteiger partial charge in [-0.2, -0.15) is 0 Å². The van der Waals surface area contributed by atoms with Crippen LogP contribution in [0, 0.1) is 12.7 Å². The fourth-order valence-corrected chi connectivity index (χ4v) is 2.07. The molecule has 0 aliphatic rings. The minimum atomic E-state index is -0.228. The highest BCUT2D eigenvalue weighted by atomic mass is 79.9. The minimum absolute atomic E-state index is 0.228. The summed E-state index contributed by atoms with van der Waals surface area (Å²) in [4.78, 5) is 4.07. The van der Waals surface area contributed by atoms with Gasteiger partial charge in [-0.1, -0.05) is 22.0 Å². The molecular weight excluding hydrogens is 283 g/mol. The van der Waals surface area contributed by atoms with Gasteiger partial charge in [-0.25, -0.2) is 9.37 Å². The van der Waals surface area contributed by atoms with E-state index in [0.29, 0.717) is 17.8 Å². The van der Waals surface area contributed by atoms with Gasteiger partial charge >= 0.3 is 0 Å². The molecule has 2 nitrogen and oxygen atoms in total. The van der Waals surface area contributed by atoms with Crippen molar-refractivity contribution in [3.05, 3.63) is 57.4 Å². The molecule has 17 heavy (non-hydrogen) atoms. The van der Waals surface area contributed by atoms with Crippen molar-refractivity contribution in [1.29, 1.82) is 0 Å². The van der Waals surface area contributed by atoms with E-state index in [4.69, 9.17) is 5.73 Å². The molecule has 88 valence electrons. The molecule has 0 radical (unpaired) electrons. The van der Waals surface area contributed by atoms with Crippen LogP contribution < -0.4 is 5.73 Å². The number of nitrogens with zero attached hydrogens (tertiary/aromatic N) is 1. The predicted octanol–water partition coefficient (Wildman–Crippen LogP) is 3.46. The first-order valence-electron chi connectivity index (χ1n) is 5.21. The molecule has 1 aromatic heterocycles. The van der Waals surface area contributed by atoms with E-state index in [1.165, 1.54) is 6.07 Å². The van der Waals surface area contributed by atoms with E-state index in [9.17, 15) is 4.39 Å². The fourth-order valence-electron chi connectivity index (χ4n) is 1.67. The summed E-state index contributed by atoms with van der Waals surface area (Å²) in [6.45, 7) is 1.94. The van der Waals surface area contributed by atoms with Crippen molar-refractivity contribution in [2.75, 3.05) is 5.73 Å². The van der Waals surface area contributed by atoms with Crippen LogP contribution in [0.4, 0.5) is 10.2 Å². The number of nitrogen functional groups attached to an aromatic ring is 1. The Hall–Kier alpha value is -1.42. The number of nitrogens with two attached hydrogens (primary N) is 1. The number of hydrogen-bond donors (Lipinski definition) is 1. The lowest BCUT2D eigenvalue weighted by Gasteiger charge is -2.07. The Morgan fingerprint density at radius 2 is 2.06 bits per heavy atom. The van der Waals surface area contributed by atoms with Crippen molar-refractivity contribution in [3.63, 3.8) is 0 Å². The van der Waals surface area contributed by atoms with Gasteiger partial charge in [0, 0.05) is 17.1 Å². The van der Waals surface area contributed by atoms with Gasteiger partial charge in [-0.15, -0.1) is 0 Å². The lowest BCUT2D eigenvalue weighted by atomic mass is 10.0. The standard InChI is InChI=1S/C13H12BrFN2/c1-8-4-10(13(16)17-7-8)5-9-6-11(14)2-3-12(9)15/h2-4,6-7H,5H2,1H3,(H2,16,17). The van der Waals surface area contributed by atoms with Crippen molar-refractivity contribution in [1.82, 2.24) is 4.98 Å². The van der Waals surface area contributed by atoms with E-state index < -0.39 is 0 Å². The molecule has 2 N–H and O–H groups in total. The number of pyridine rings is 1. The van der Waals surface area contributed by atoms with Crippen LogP contribution in [0.15, 0.2) is 34.9 Å². The van der Waals surface area contributed by atoms with Gasteiger partial charge in [0.1, 0.15) is 11.6 Å². The molecule has 4 heteroatoms. The molecule has 0 bridgehead atoms. The average Bonchev–Trinajstić information content (AvgIpc) is 2.28. The molecule has 0 aliphatic carbocycles. The highest BCUT2D eigenvalue weighted by Crippen LogP contribution is 2.21. The first-order chi connectivity index (χ1) is 8.06. The van der Waals surface area contributed by atoms with Gasteiger partial charge in [0.05, 0.1) is 0 Å². The largest absolute Gasteiger partial charge is 0.383 e. The Kier molecular flexibility index (Phi) is 3.43. The molecular formula is C13H12BrFN2. The molecule has 1 aromatic carbocycles. The van der Waals surface area contributed by atoms with Crippen LogP contribution in [0.3, 0.4) is 0 Å². The van der Waals surface area contributed by atoms with E-state index in [2.05, 4.69) is 20.9 Å². The zero-order valence-electron chi connectivity index (χ0n) is 9.37. The van der Waals surface area contributed by atoms with Crippen molar-refractivity contribution < 1.29 is 4.39 Å². The van der Waals surface area contributed by atoms with Gasteiger partial charge in [0.2, 0.25) is 0 Å². The van der Waals surface area contributed by atoms with Crippen LogP contribution in [0.1, 0.15) is 16.7 Å². The smallest absolute Gasteiger partial charge is 0.126 e. The maximum atomic E-state index is 13.6. The Bertz CT molecular complexity index is 506. The van der Waals surface area contributed by atoms with Crippen LogP contribution >= 0.6 is 15.9 Å². The van der Waals surface area contributed by atoms with Crippen molar-refractivity contribution in [2.24, 2.45) is 0 Å². The van der Waals surface area contributed by atoms with Gasteiger partial charge < -0.3 is 5.73 Å². The Labute approximate surface area is 108 Å². The second kappa shape index (κ2) is 4.84. The second-order valence-corrected chi connectivity index (χ2v) is 4.89. The van der Waals surface area contributed by atoms with Gasteiger partial charge in [-0.05, 0) is 41.8 Å². The third kappa shape index (κ3) is 2.82. The molecule has 0 amide bonds. The summed E-state index contributed by atoms with van der Waals surface area (Å²) in [5, 5.41) is 0. The number of hydrogen-bond acceptors (Lipinski definition) is 2. The maximum absolute atomic E-state index is 13.6. The van der Waals surface area contributed by atoms with Crippen molar-refractivity contribution >= 4 is 21.7 Å². The molecule has 0 spiro atoms. The van der Waals surface area contributed by atoms with Crippen LogP contribution in [0.5, 0.6) is 0 Å². The number of rotatable bonds is 2. The molecule has 2 rings (SSSR count). The first-order valence-corrected chi connectivity index (χ1v) is 6.00. The molecule has 0 aliphatic heterocycles. The second-order valence-electron chi connectivity index (χ2n) is 3.97. The SMILES string of the molecule is Cc1cnc(N)c(Cc2cc(Br)ccc2F)c1. The summed E-state index contributed by atoms with van der Waals surface area (Å²) in [5.41, 5.74) is 8.26. The third-order valence-corrected chi connectivity index (χ3v) is 3.02. The lowest BCUT2D eigenvalue weighted by Crippen LogP contribution is -2.01. The van der Waals surface area contributed by atoms with Crippen molar-refractivity contribution in [3.8, 4) is 0 Å². The third-order valence-electron chi connectivity index (χ3n) is 2.53. The number of aromatic nitrogens is 1. The summed E-state index contributed by atoms with van der Waals surface area (Å²) >= 11 is 3.33. The highest BCUT2D eigenvalue weighted by Gasteiger charge is 2.07. The minimum Gasteiger partial charge on any atom is -0.383 e. The summed E-state index contributed by atoms with van der Waals surface area (Å²) < 4.78 is 14.5. The van der Waals surface area contributed by atoms with Gasteiger partial charge in [-0.3, -0.25) is 0 Å². The first kappa shape index (κ1) is 12.0. The average molecular weight is 295 g/mol. The Balaban J connectivity index is 2.37. The van der Waals surface area contributed by atoms with Gasteiger partial charge in [0.15, 0.2) is 0 Å². The maximum Gasteiger partial charge on any atom is 0.126 e. The Morgan fingerprint density at radius 1 is 1.29 bits per heavy atom. The molecule has 0 atom stereocenters. The predicted molar refractivity (Wildman–Crippen MR) is 70.3 cm³/mol. The topological polar surface area (TPSA) is 38.9 Å². The van der Waals surface area contributed by atoms with Crippen LogP contribution in [0.2, 0.25) is 0 Å². The number of aryl methyl sites for hydroxylation is 1. The number of halogens is 2. The van der Waals surface area contributed by atoms with Crippen LogP contribution in [0.25, 0.3) is 0 Å². The van der Waals surface area contributed by atoms with E-state index in [1.54, 1.807) is 18.3 Å². The zero-order valence-corrected chi connectivity index (χ0v) is 11.0. The monoisotopic (exact) mass is 294 g/mol. The molecule has 0 saturated carbocycles. The van der Waals surface area contributed by atoms with E-state index in [0.717, 1.165) is 15.6 Å². The normalized spacial score (nSPS) is 10.5. The van der Waals surface area contributed by atoms with E-state index in [-0.39, 0.29) is 5.82 Å². The highest BCUT2D eigenvalue weighted by molar-refractivity contribution is 9.10. The molecule has 0 fully saturated rings. The van der Waals surface area contributed by atoms with Crippen LogP contribution in [-0.4, -0.2) is 4.98 Å². The number of anilines is 1. The summed E-state index contributed by atoms with van der Waals surface area (Å²) in [5.74, 6) is 0.226. The van der Waals surface area contributed by atoms with E-state index >= 15 is 0 Å². The zero-order chi connectivity index (χ0) is 12.4. The molecule has 2 aromatic rings. The summed E-state index contributed by atoms with van der Waals surface area (Å²) in [7, 11) is 0. The Morgan fingerprint density at radius 3 is 2.82 bits per heavy atom. The summed E-state index contributed by atoms with van der Waals surface area (Å²) in [6.07, 6.45) is 2.15. The quantitative estimate of drug-likeness (QED) is 0.921. The van der Waals surface area contributed by atoms with Gasteiger partial charge in [0.25, 0.3) is 0 Å².